The molecule has 1 aliphatic heterocycles. The molecule has 2 aromatic heterocycles. The number of aromatic nitrogens is 3. The predicted octanol–water partition coefficient (Wildman–Crippen LogP) is 1.71. The summed E-state index contributed by atoms with van der Waals surface area (Å²) in [6.07, 6.45) is 3.51. The summed E-state index contributed by atoms with van der Waals surface area (Å²) in [5.74, 6) is -0.184. The van der Waals surface area contributed by atoms with Crippen molar-refractivity contribution in [1.29, 1.82) is 0 Å². The molecule has 0 aliphatic carbocycles. The number of pyridine rings is 1. The summed E-state index contributed by atoms with van der Waals surface area (Å²) in [5, 5.41) is 4.47. The van der Waals surface area contributed by atoms with Crippen LogP contribution in [0.15, 0.2) is 23.1 Å². The maximum Gasteiger partial charge on any atom is 0.263 e. The van der Waals surface area contributed by atoms with Crippen LogP contribution in [0.2, 0.25) is 0 Å². The molecule has 6 heteroatoms. The van der Waals surface area contributed by atoms with E-state index in [1.54, 1.807) is 25.4 Å². The van der Waals surface area contributed by atoms with Crippen molar-refractivity contribution in [2.24, 2.45) is 14.1 Å². The van der Waals surface area contributed by atoms with Crippen LogP contribution in [0.5, 0.6) is 0 Å². The average molecular weight is 314 g/mol. The summed E-state index contributed by atoms with van der Waals surface area (Å²) in [7, 11) is 3.58. The number of nitrogens with zero attached hydrogens (tertiary/aromatic N) is 4. The Bertz CT molecular complexity index is 818. The van der Waals surface area contributed by atoms with Crippen LogP contribution in [0, 0.1) is 13.8 Å². The summed E-state index contributed by atoms with van der Waals surface area (Å²) in [6, 6.07) is 3.35. The molecule has 1 saturated heterocycles. The standard InChI is InChI=1S/C17H22N4O2/c1-11-15(12(2)20(4)18-11)14-8-6-10-21(14)17(23)13-7-5-9-19(3)16(13)22/h5,7,9,14H,6,8,10H2,1-4H3/t14-/m0/s1. The molecule has 2 aromatic rings. The van der Waals surface area contributed by atoms with Crippen molar-refractivity contribution in [3.05, 3.63) is 51.2 Å². The molecule has 0 unspecified atom stereocenters. The summed E-state index contributed by atoms with van der Waals surface area (Å²) in [5.41, 5.74) is 3.14. The van der Waals surface area contributed by atoms with Gasteiger partial charge in [0.1, 0.15) is 5.56 Å². The molecule has 0 radical (unpaired) electrons. The van der Waals surface area contributed by atoms with Gasteiger partial charge in [0.25, 0.3) is 11.5 Å². The summed E-state index contributed by atoms with van der Waals surface area (Å²) in [6.45, 7) is 4.68. The minimum absolute atomic E-state index is 0.00103. The minimum atomic E-state index is -0.247. The molecular weight excluding hydrogens is 292 g/mol. The van der Waals surface area contributed by atoms with E-state index in [9.17, 15) is 9.59 Å². The van der Waals surface area contributed by atoms with Crippen LogP contribution in [-0.4, -0.2) is 31.7 Å². The van der Waals surface area contributed by atoms with Gasteiger partial charge in [0.05, 0.1) is 11.7 Å². The maximum atomic E-state index is 12.9. The lowest BCUT2D eigenvalue weighted by Crippen LogP contribution is -2.36. The van der Waals surface area contributed by atoms with Crippen LogP contribution in [0.1, 0.15) is 46.2 Å². The van der Waals surface area contributed by atoms with Crippen LogP contribution in [0.4, 0.5) is 0 Å². The monoisotopic (exact) mass is 314 g/mol. The summed E-state index contributed by atoms with van der Waals surface area (Å²) in [4.78, 5) is 27.0. The predicted molar refractivity (Wildman–Crippen MR) is 87.4 cm³/mol. The van der Waals surface area contributed by atoms with Crippen molar-refractivity contribution in [2.45, 2.75) is 32.7 Å². The Morgan fingerprint density at radius 2 is 2.04 bits per heavy atom. The number of carbonyl (C=O) groups is 1. The molecule has 0 N–H and O–H groups in total. The Labute approximate surface area is 135 Å². The average Bonchev–Trinajstić information content (AvgIpc) is 3.07. The second-order valence-electron chi connectivity index (χ2n) is 6.20. The van der Waals surface area contributed by atoms with Gasteiger partial charge in [0, 0.05) is 38.1 Å². The molecular formula is C17H22N4O2. The maximum absolute atomic E-state index is 12.9. The molecule has 0 spiro atoms. The zero-order valence-corrected chi connectivity index (χ0v) is 14.0. The second-order valence-corrected chi connectivity index (χ2v) is 6.20. The summed E-state index contributed by atoms with van der Waals surface area (Å²) >= 11 is 0. The van der Waals surface area contributed by atoms with Gasteiger partial charge in [-0.15, -0.1) is 0 Å². The van der Waals surface area contributed by atoms with Crippen molar-refractivity contribution in [3.63, 3.8) is 0 Å². The first-order valence-electron chi connectivity index (χ1n) is 7.88. The Morgan fingerprint density at radius 3 is 2.70 bits per heavy atom. The Kier molecular flexibility index (Phi) is 3.83. The lowest BCUT2D eigenvalue weighted by atomic mass is 10.0. The minimum Gasteiger partial charge on any atom is -0.331 e. The van der Waals surface area contributed by atoms with E-state index in [4.69, 9.17) is 0 Å². The number of hydrogen-bond donors (Lipinski definition) is 0. The zero-order chi connectivity index (χ0) is 16.7. The molecule has 1 atom stereocenters. The number of rotatable bonds is 2. The van der Waals surface area contributed by atoms with Gasteiger partial charge < -0.3 is 9.47 Å². The molecule has 0 bridgehead atoms. The normalized spacial score (nSPS) is 17.7. The largest absolute Gasteiger partial charge is 0.331 e. The molecule has 1 aliphatic rings. The molecule has 1 fully saturated rings. The third-order valence-corrected chi connectivity index (χ3v) is 4.77. The first-order chi connectivity index (χ1) is 10.9. The van der Waals surface area contributed by atoms with Crippen LogP contribution in [-0.2, 0) is 14.1 Å². The van der Waals surface area contributed by atoms with Gasteiger partial charge in [-0.3, -0.25) is 14.3 Å². The highest BCUT2D eigenvalue weighted by Crippen LogP contribution is 2.36. The van der Waals surface area contributed by atoms with Crippen LogP contribution < -0.4 is 5.56 Å². The highest BCUT2D eigenvalue weighted by Gasteiger charge is 2.34. The highest BCUT2D eigenvalue weighted by atomic mass is 16.2. The van der Waals surface area contributed by atoms with Gasteiger partial charge in [0.2, 0.25) is 0 Å². The molecule has 122 valence electrons. The van der Waals surface area contributed by atoms with Gasteiger partial charge in [-0.05, 0) is 38.8 Å². The molecule has 3 heterocycles. The van der Waals surface area contributed by atoms with Gasteiger partial charge in [0.15, 0.2) is 0 Å². The Hall–Kier alpha value is -2.37. The van der Waals surface area contributed by atoms with Crippen molar-refractivity contribution in [1.82, 2.24) is 19.2 Å². The van der Waals surface area contributed by atoms with Crippen molar-refractivity contribution in [3.8, 4) is 0 Å². The van der Waals surface area contributed by atoms with Gasteiger partial charge in [-0.1, -0.05) is 0 Å². The van der Waals surface area contributed by atoms with E-state index in [1.807, 2.05) is 30.5 Å². The third-order valence-electron chi connectivity index (χ3n) is 4.77. The van der Waals surface area contributed by atoms with Crippen LogP contribution >= 0.6 is 0 Å². The lowest BCUT2D eigenvalue weighted by Gasteiger charge is -2.25. The number of hydrogen-bond acceptors (Lipinski definition) is 3. The third kappa shape index (κ3) is 2.48. The SMILES string of the molecule is Cc1nn(C)c(C)c1[C@@H]1CCCN1C(=O)c1cccn(C)c1=O. The molecule has 23 heavy (non-hydrogen) atoms. The fourth-order valence-electron chi connectivity index (χ4n) is 3.50. The Morgan fingerprint density at radius 1 is 1.30 bits per heavy atom. The smallest absolute Gasteiger partial charge is 0.263 e. The topological polar surface area (TPSA) is 60.1 Å². The van der Waals surface area contributed by atoms with E-state index in [2.05, 4.69) is 5.10 Å². The first kappa shape index (κ1) is 15.5. The highest BCUT2D eigenvalue weighted by molar-refractivity contribution is 5.94. The van der Waals surface area contributed by atoms with Gasteiger partial charge >= 0.3 is 0 Å². The zero-order valence-electron chi connectivity index (χ0n) is 14.0. The van der Waals surface area contributed by atoms with Gasteiger partial charge in [-0.25, -0.2) is 0 Å². The summed E-state index contributed by atoms with van der Waals surface area (Å²) < 4.78 is 3.30. The van der Waals surface area contributed by atoms with Gasteiger partial charge in [-0.2, -0.15) is 5.10 Å². The fourth-order valence-corrected chi connectivity index (χ4v) is 3.50. The molecule has 1 amide bonds. The van der Waals surface area contributed by atoms with Crippen molar-refractivity contribution >= 4 is 5.91 Å². The molecule has 0 saturated carbocycles. The van der Waals surface area contributed by atoms with E-state index < -0.39 is 0 Å². The van der Waals surface area contributed by atoms with Crippen LogP contribution in [0.3, 0.4) is 0 Å². The van der Waals surface area contributed by atoms with Crippen molar-refractivity contribution < 1.29 is 4.79 Å². The number of aryl methyl sites for hydroxylation is 3. The van der Waals surface area contributed by atoms with E-state index in [-0.39, 0.29) is 23.1 Å². The lowest BCUT2D eigenvalue weighted by molar-refractivity contribution is 0.0732. The van der Waals surface area contributed by atoms with E-state index in [0.29, 0.717) is 6.54 Å². The quantitative estimate of drug-likeness (QED) is 0.848. The number of amides is 1. The number of likely N-dealkylation sites (tertiary alicyclic amines) is 1. The van der Waals surface area contributed by atoms with E-state index >= 15 is 0 Å². The van der Waals surface area contributed by atoms with Crippen LogP contribution in [0.25, 0.3) is 0 Å². The van der Waals surface area contributed by atoms with E-state index in [1.165, 1.54) is 4.57 Å². The second kappa shape index (κ2) is 5.68. The molecule has 0 aromatic carbocycles. The Balaban J connectivity index is 2.00. The van der Waals surface area contributed by atoms with Crippen molar-refractivity contribution in [2.75, 3.05) is 6.54 Å². The first-order valence-corrected chi connectivity index (χ1v) is 7.88. The number of carbonyl (C=O) groups excluding carboxylic acids is 1. The molecule has 6 nitrogen and oxygen atoms in total. The fraction of sp³-hybridized carbons (Fsp3) is 0.471. The van der Waals surface area contributed by atoms with E-state index in [0.717, 1.165) is 29.8 Å². The molecule has 3 rings (SSSR count).